The fraction of sp³-hybridized carbons (Fsp3) is 0.500. The fourth-order valence-corrected chi connectivity index (χ4v) is 3.83. The molecular formula is C16H22BrN3O5S. The molecule has 0 aromatic heterocycles. The van der Waals surface area contributed by atoms with Crippen LogP contribution in [0.5, 0.6) is 5.75 Å². The number of halogens is 1. The van der Waals surface area contributed by atoms with E-state index in [-0.39, 0.29) is 11.8 Å². The van der Waals surface area contributed by atoms with E-state index in [4.69, 9.17) is 4.74 Å². The van der Waals surface area contributed by atoms with Crippen LogP contribution in [0.25, 0.3) is 0 Å². The molecule has 1 aromatic carbocycles. The summed E-state index contributed by atoms with van der Waals surface area (Å²) in [6.45, 7) is 2.17. The predicted molar refractivity (Wildman–Crippen MR) is 99.7 cm³/mol. The molecule has 1 aromatic rings. The van der Waals surface area contributed by atoms with Crippen molar-refractivity contribution in [3.63, 3.8) is 0 Å². The lowest BCUT2D eigenvalue weighted by Gasteiger charge is -2.29. The second kappa shape index (κ2) is 8.83. The van der Waals surface area contributed by atoms with Crippen molar-refractivity contribution in [2.24, 2.45) is 5.92 Å². The van der Waals surface area contributed by atoms with Gasteiger partial charge in [0.2, 0.25) is 15.9 Å². The van der Waals surface area contributed by atoms with Gasteiger partial charge in [0.1, 0.15) is 5.75 Å². The minimum Gasteiger partial charge on any atom is -0.481 e. The van der Waals surface area contributed by atoms with E-state index in [0.717, 1.165) is 10.7 Å². The molecule has 10 heteroatoms. The summed E-state index contributed by atoms with van der Waals surface area (Å²) in [6, 6.07) is 7.09. The highest BCUT2D eigenvalue weighted by Gasteiger charge is 2.29. The molecule has 8 nitrogen and oxygen atoms in total. The van der Waals surface area contributed by atoms with Crippen molar-refractivity contribution in [3.05, 3.63) is 28.7 Å². The van der Waals surface area contributed by atoms with Crippen LogP contribution in [0.15, 0.2) is 28.7 Å². The Hall–Kier alpha value is -1.65. The van der Waals surface area contributed by atoms with Crippen molar-refractivity contribution < 1.29 is 22.7 Å². The van der Waals surface area contributed by atoms with Crippen molar-refractivity contribution >= 4 is 37.8 Å². The van der Waals surface area contributed by atoms with Crippen LogP contribution >= 0.6 is 15.9 Å². The lowest BCUT2D eigenvalue weighted by atomic mass is 9.98. The number of hydrogen-bond acceptors (Lipinski definition) is 5. The molecule has 0 spiro atoms. The topological polar surface area (TPSA) is 105 Å². The Morgan fingerprint density at radius 3 is 2.50 bits per heavy atom. The van der Waals surface area contributed by atoms with Crippen molar-refractivity contribution in [1.82, 2.24) is 15.2 Å². The maximum Gasteiger partial charge on any atom is 0.279 e. The monoisotopic (exact) mass is 447 g/mol. The molecule has 0 radical (unpaired) electrons. The minimum atomic E-state index is -3.23. The van der Waals surface area contributed by atoms with Crippen molar-refractivity contribution in [2.45, 2.75) is 25.9 Å². The smallest absolute Gasteiger partial charge is 0.279 e. The van der Waals surface area contributed by atoms with Gasteiger partial charge in [-0.25, -0.2) is 12.7 Å². The van der Waals surface area contributed by atoms with Crippen molar-refractivity contribution in [3.8, 4) is 5.75 Å². The lowest BCUT2D eigenvalue weighted by molar-refractivity contribution is -0.134. The third-order valence-corrected chi connectivity index (χ3v) is 5.88. The zero-order valence-electron chi connectivity index (χ0n) is 14.6. The minimum absolute atomic E-state index is 0.299. The number of nitrogens with one attached hydrogen (secondary N) is 2. The average Bonchev–Trinajstić information content (AvgIpc) is 2.58. The van der Waals surface area contributed by atoms with Gasteiger partial charge >= 0.3 is 0 Å². The summed E-state index contributed by atoms with van der Waals surface area (Å²) in [5.74, 6) is -0.621. The highest BCUT2D eigenvalue weighted by molar-refractivity contribution is 9.10. The van der Waals surface area contributed by atoms with E-state index in [2.05, 4.69) is 26.8 Å². The van der Waals surface area contributed by atoms with Gasteiger partial charge in [-0.05, 0) is 38.0 Å². The van der Waals surface area contributed by atoms with E-state index in [9.17, 15) is 18.0 Å². The van der Waals surface area contributed by atoms with Crippen LogP contribution in [0.4, 0.5) is 0 Å². The van der Waals surface area contributed by atoms with Crippen LogP contribution in [0, 0.1) is 5.92 Å². The second-order valence-corrected chi connectivity index (χ2v) is 9.03. The third kappa shape index (κ3) is 5.96. The molecule has 1 aliphatic heterocycles. The van der Waals surface area contributed by atoms with Gasteiger partial charge in [0.15, 0.2) is 6.10 Å². The van der Waals surface area contributed by atoms with Crippen LogP contribution in [-0.2, 0) is 19.6 Å². The van der Waals surface area contributed by atoms with E-state index in [1.54, 1.807) is 25.1 Å². The second-order valence-electron chi connectivity index (χ2n) is 6.13. The SMILES string of the molecule is CC(Oc1cccc(Br)c1)C(=O)NNC(=O)C1CCN(S(C)(=O)=O)CC1. The van der Waals surface area contributed by atoms with Gasteiger partial charge in [-0.15, -0.1) is 0 Å². The number of carbonyl (C=O) groups excluding carboxylic acids is 2. The number of rotatable bonds is 5. The Balaban J connectivity index is 1.77. The number of amides is 2. The number of carbonyl (C=O) groups is 2. The number of hydrogen-bond donors (Lipinski definition) is 2. The maximum absolute atomic E-state index is 12.1. The zero-order valence-corrected chi connectivity index (χ0v) is 17.0. The Labute approximate surface area is 161 Å². The molecule has 1 fully saturated rings. The molecule has 1 unspecified atom stereocenters. The van der Waals surface area contributed by atoms with Crippen LogP contribution in [0.3, 0.4) is 0 Å². The van der Waals surface area contributed by atoms with E-state index in [1.807, 2.05) is 6.07 Å². The largest absolute Gasteiger partial charge is 0.481 e. The molecule has 1 saturated heterocycles. The van der Waals surface area contributed by atoms with Crippen molar-refractivity contribution in [1.29, 1.82) is 0 Å². The Bertz CT molecular complexity index is 763. The average molecular weight is 448 g/mol. The number of benzene rings is 1. The quantitative estimate of drug-likeness (QED) is 0.655. The highest BCUT2D eigenvalue weighted by Crippen LogP contribution is 2.20. The Morgan fingerprint density at radius 1 is 1.27 bits per heavy atom. The summed E-state index contributed by atoms with van der Waals surface area (Å²) < 4.78 is 30.7. The summed E-state index contributed by atoms with van der Waals surface area (Å²) in [5, 5.41) is 0. The predicted octanol–water partition coefficient (Wildman–Crippen LogP) is 1.04. The molecule has 0 saturated carbocycles. The molecule has 2 N–H and O–H groups in total. The number of hydrazine groups is 1. The van der Waals surface area contributed by atoms with E-state index < -0.39 is 22.0 Å². The fourth-order valence-electron chi connectivity index (χ4n) is 2.57. The van der Waals surface area contributed by atoms with Gasteiger partial charge in [0.05, 0.1) is 6.26 Å². The van der Waals surface area contributed by atoms with Crippen LogP contribution in [-0.4, -0.2) is 50.0 Å². The number of ether oxygens (including phenoxy) is 1. The van der Waals surface area contributed by atoms with Crippen LogP contribution in [0.2, 0.25) is 0 Å². The van der Waals surface area contributed by atoms with Crippen LogP contribution in [0.1, 0.15) is 19.8 Å². The zero-order chi connectivity index (χ0) is 19.3. The van der Waals surface area contributed by atoms with E-state index in [1.165, 1.54) is 4.31 Å². The first-order valence-electron chi connectivity index (χ1n) is 8.14. The number of nitrogens with zero attached hydrogens (tertiary/aromatic N) is 1. The molecule has 1 aliphatic rings. The standard InChI is InChI=1S/C16H22BrN3O5S/c1-11(25-14-5-3-4-13(17)10-14)15(21)18-19-16(22)12-6-8-20(9-7-12)26(2,23)24/h3-5,10-12H,6-9H2,1-2H3,(H,18,21)(H,19,22). The first-order chi connectivity index (χ1) is 12.2. The summed E-state index contributed by atoms with van der Waals surface area (Å²) >= 11 is 3.32. The number of piperidine rings is 1. The first kappa shape index (κ1) is 20.7. The van der Waals surface area contributed by atoms with Gasteiger partial charge in [0.25, 0.3) is 5.91 Å². The molecule has 2 amide bonds. The lowest BCUT2D eigenvalue weighted by Crippen LogP contribution is -2.50. The molecule has 144 valence electrons. The van der Waals surface area contributed by atoms with Crippen molar-refractivity contribution in [2.75, 3.05) is 19.3 Å². The summed E-state index contributed by atoms with van der Waals surface area (Å²) in [4.78, 5) is 24.2. The highest BCUT2D eigenvalue weighted by atomic mass is 79.9. The molecule has 1 atom stereocenters. The van der Waals surface area contributed by atoms with Gasteiger partial charge in [-0.1, -0.05) is 22.0 Å². The molecule has 1 heterocycles. The molecule has 0 bridgehead atoms. The summed E-state index contributed by atoms with van der Waals surface area (Å²) in [6.07, 6.45) is 1.19. The summed E-state index contributed by atoms with van der Waals surface area (Å²) in [7, 11) is -3.23. The van der Waals surface area contributed by atoms with Gasteiger partial charge < -0.3 is 4.74 Å². The maximum atomic E-state index is 12.1. The Morgan fingerprint density at radius 2 is 1.92 bits per heavy atom. The van der Waals surface area contributed by atoms with Gasteiger partial charge in [-0.2, -0.15) is 0 Å². The van der Waals surface area contributed by atoms with Crippen LogP contribution < -0.4 is 15.6 Å². The molecule has 2 rings (SSSR count). The van der Waals surface area contributed by atoms with E-state index >= 15 is 0 Å². The van der Waals surface area contributed by atoms with E-state index in [0.29, 0.717) is 31.7 Å². The normalized spacial score (nSPS) is 17.3. The molecular weight excluding hydrogens is 426 g/mol. The third-order valence-electron chi connectivity index (χ3n) is 4.08. The summed E-state index contributed by atoms with van der Waals surface area (Å²) in [5.41, 5.74) is 4.74. The van der Waals surface area contributed by atoms with Gasteiger partial charge in [0, 0.05) is 23.5 Å². The number of sulfonamides is 1. The molecule has 26 heavy (non-hydrogen) atoms. The van der Waals surface area contributed by atoms with Gasteiger partial charge in [-0.3, -0.25) is 20.4 Å². The molecule has 0 aliphatic carbocycles. The Kier molecular flexibility index (Phi) is 7.01. The first-order valence-corrected chi connectivity index (χ1v) is 10.8.